The molecule has 1 amide bonds. The molecule has 1 aromatic heterocycles. The smallest absolute Gasteiger partial charge is 0.254 e. The summed E-state index contributed by atoms with van der Waals surface area (Å²) >= 11 is 0. The second-order valence-corrected chi connectivity index (χ2v) is 4.91. The van der Waals surface area contributed by atoms with Crippen LogP contribution in [0.5, 0.6) is 0 Å². The lowest BCUT2D eigenvalue weighted by atomic mass is 10.2. The Labute approximate surface area is 114 Å². The predicted octanol–water partition coefficient (Wildman–Crippen LogP) is 0.799. The molecule has 1 aromatic rings. The van der Waals surface area contributed by atoms with Gasteiger partial charge in [0.1, 0.15) is 0 Å². The van der Waals surface area contributed by atoms with E-state index < -0.39 is 0 Å². The molecule has 1 heterocycles. The molecule has 0 spiro atoms. The zero-order chi connectivity index (χ0) is 14.4. The van der Waals surface area contributed by atoms with Crippen molar-refractivity contribution < 1.29 is 4.79 Å². The first-order chi connectivity index (χ1) is 8.95. The van der Waals surface area contributed by atoms with E-state index in [0.29, 0.717) is 18.7 Å². The molecule has 0 aliphatic carbocycles. The van der Waals surface area contributed by atoms with Crippen LogP contribution < -0.4 is 5.56 Å². The number of amides is 1. The van der Waals surface area contributed by atoms with Crippen molar-refractivity contribution >= 4 is 5.91 Å². The molecule has 1 rings (SSSR count). The Kier molecular flexibility index (Phi) is 5.76. The fraction of sp³-hybridized carbons (Fsp3) is 0.571. The molecular formula is C14H23N3O2. The second-order valence-electron chi connectivity index (χ2n) is 4.91. The third kappa shape index (κ3) is 4.52. The lowest BCUT2D eigenvalue weighted by molar-refractivity contribution is 0.0759. The van der Waals surface area contributed by atoms with E-state index in [1.165, 1.54) is 10.6 Å². The summed E-state index contributed by atoms with van der Waals surface area (Å²) in [5.41, 5.74) is 0.310. The Morgan fingerprint density at radius 1 is 1.32 bits per heavy atom. The first-order valence-electron chi connectivity index (χ1n) is 6.56. The van der Waals surface area contributed by atoms with E-state index in [0.717, 1.165) is 13.0 Å². The van der Waals surface area contributed by atoms with Crippen molar-refractivity contribution in [2.45, 2.75) is 13.3 Å². The van der Waals surface area contributed by atoms with E-state index in [1.54, 1.807) is 24.2 Å². The van der Waals surface area contributed by atoms with Crippen molar-refractivity contribution in [3.05, 3.63) is 34.2 Å². The number of pyridine rings is 1. The van der Waals surface area contributed by atoms with Crippen LogP contribution in [0.1, 0.15) is 23.7 Å². The summed E-state index contributed by atoms with van der Waals surface area (Å²) in [6, 6.07) is 3.09. The number of hydrogen-bond donors (Lipinski definition) is 0. The standard InChI is InChI=1S/C14H23N3O2/c1-5-17(9-6-8-15(2)3)14(19)12-7-10-16(4)13(18)11-12/h7,10-11H,5-6,8-9H2,1-4H3. The first kappa shape index (κ1) is 15.4. The number of carbonyl (C=O) groups is 1. The van der Waals surface area contributed by atoms with Gasteiger partial charge in [0.25, 0.3) is 11.5 Å². The van der Waals surface area contributed by atoms with E-state index in [1.807, 2.05) is 21.0 Å². The van der Waals surface area contributed by atoms with Crippen molar-refractivity contribution in [3.8, 4) is 0 Å². The zero-order valence-electron chi connectivity index (χ0n) is 12.2. The van der Waals surface area contributed by atoms with Gasteiger partial charge in [-0.05, 0) is 40.1 Å². The molecule has 0 aliphatic heterocycles. The Morgan fingerprint density at radius 3 is 2.53 bits per heavy atom. The minimum absolute atomic E-state index is 0.0704. The minimum atomic E-state index is -0.157. The Hall–Kier alpha value is -1.62. The molecule has 0 aliphatic rings. The van der Waals surface area contributed by atoms with Gasteiger partial charge in [-0.2, -0.15) is 0 Å². The lowest BCUT2D eigenvalue weighted by Gasteiger charge is -2.22. The molecule has 19 heavy (non-hydrogen) atoms. The maximum atomic E-state index is 12.3. The summed E-state index contributed by atoms with van der Waals surface area (Å²) < 4.78 is 1.46. The summed E-state index contributed by atoms with van der Waals surface area (Å²) in [5, 5.41) is 0. The lowest BCUT2D eigenvalue weighted by Crippen LogP contribution is -2.34. The van der Waals surface area contributed by atoms with Gasteiger partial charge in [-0.25, -0.2) is 0 Å². The molecule has 0 saturated carbocycles. The molecule has 106 valence electrons. The second kappa shape index (κ2) is 7.09. The van der Waals surface area contributed by atoms with Gasteiger partial charge < -0.3 is 14.4 Å². The highest BCUT2D eigenvalue weighted by Crippen LogP contribution is 2.03. The molecule has 0 saturated heterocycles. The summed E-state index contributed by atoms with van der Waals surface area (Å²) in [5.74, 6) is -0.0704. The molecule has 0 atom stereocenters. The van der Waals surface area contributed by atoms with Gasteiger partial charge in [0.05, 0.1) is 0 Å². The number of nitrogens with zero attached hydrogens (tertiary/aromatic N) is 3. The number of aryl methyl sites for hydroxylation is 1. The normalized spacial score (nSPS) is 10.8. The van der Waals surface area contributed by atoms with Crippen LogP contribution >= 0.6 is 0 Å². The molecular weight excluding hydrogens is 242 g/mol. The van der Waals surface area contributed by atoms with Crippen LogP contribution in [0.15, 0.2) is 23.1 Å². The molecule has 0 radical (unpaired) electrons. The van der Waals surface area contributed by atoms with Gasteiger partial charge >= 0.3 is 0 Å². The topological polar surface area (TPSA) is 45.5 Å². The Balaban J connectivity index is 2.72. The van der Waals surface area contributed by atoms with Crippen molar-refractivity contribution in [1.82, 2.24) is 14.4 Å². The number of aromatic nitrogens is 1. The quantitative estimate of drug-likeness (QED) is 0.764. The van der Waals surface area contributed by atoms with Crippen LogP contribution in [0.2, 0.25) is 0 Å². The Morgan fingerprint density at radius 2 is 2.00 bits per heavy atom. The van der Waals surface area contributed by atoms with Gasteiger partial charge in [0.2, 0.25) is 0 Å². The van der Waals surface area contributed by atoms with Gasteiger partial charge in [-0.1, -0.05) is 0 Å². The van der Waals surface area contributed by atoms with Gasteiger partial charge in [0.15, 0.2) is 0 Å². The van der Waals surface area contributed by atoms with Crippen molar-refractivity contribution in [2.75, 3.05) is 33.7 Å². The van der Waals surface area contributed by atoms with Crippen LogP contribution in [0.4, 0.5) is 0 Å². The SMILES string of the molecule is CCN(CCCN(C)C)C(=O)c1ccn(C)c(=O)c1. The summed E-state index contributed by atoms with van der Waals surface area (Å²) in [6.07, 6.45) is 2.56. The fourth-order valence-electron chi connectivity index (χ4n) is 1.85. The zero-order valence-corrected chi connectivity index (χ0v) is 12.2. The highest BCUT2D eigenvalue weighted by atomic mass is 16.2. The van der Waals surface area contributed by atoms with E-state index in [2.05, 4.69) is 4.90 Å². The molecule has 0 N–H and O–H groups in total. The maximum Gasteiger partial charge on any atom is 0.254 e. The number of carbonyl (C=O) groups excluding carboxylic acids is 1. The van der Waals surface area contributed by atoms with Crippen LogP contribution in [-0.2, 0) is 7.05 Å². The molecule has 5 heteroatoms. The molecule has 0 bridgehead atoms. The molecule has 0 unspecified atom stereocenters. The highest BCUT2D eigenvalue weighted by Gasteiger charge is 2.14. The summed E-state index contributed by atoms with van der Waals surface area (Å²) in [4.78, 5) is 27.7. The third-order valence-corrected chi connectivity index (χ3v) is 3.05. The average molecular weight is 265 g/mol. The third-order valence-electron chi connectivity index (χ3n) is 3.05. The highest BCUT2D eigenvalue weighted by molar-refractivity contribution is 5.94. The minimum Gasteiger partial charge on any atom is -0.339 e. The number of rotatable bonds is 6. The number of hydrogen-bond acceptors (Lipinski definition) is 3. The average Bonchev–Trinajstić information content (AvgIpc) is 2.37. The van der Waals surface area contributed by atoms with Gasteiger partial charge in [0, 0.05) is 38.0 Å². The molecule has 0 aromatic carbocycles. The monoisotopic (exact) mass is 265 g/mol. The predicted molar refractivity (Wildman–Crippen MR) is 76.4 cm³/mol. The van der Waals surface area contributed by atoms with Gasteiger partial charge in [-0.15, -0.1) is 0 Å². The summed E-state index contributed by atoms with van der Waals surface area (Å²) in [6.45, 7) is 4.26. The van der Waals surface area contributed by atoms with Crippen LogP contribution in [0.25, 0.3) is 0 Å². The summed E-state index contributed by atoms with van der Waals surface area (Å²) in [7, 11) is 5.70. The van der Waals surface area contributed by atoms with Crippen molar-refractivity contribution in [1.29, 1.82) is 0 Å². The fourth-order valence-corrected chi connectivity index (χ4v) is 1.85. The Bertz CT molecular complexity index is 480. The van der Waals surface area contributed by atoms with Crippen molar-refractivity contribution in [3.63, 3.8) is 0 Å². The largest absolute Gasteiger partial charge is 0.339 e. The van der Waals surface area contributed by atoms with E-state index in [4.69, 9.17) is 0 Å². The van der Waals surface area contributed by atoms with Crippen LogP contribution in [-0.4, -0.2) is 54.0 Å². The first-order valence-corrected chi connectivity index (χ1v) is 6.56. The maximum absolute atomic E-state index is 12.3. The van der Waals surface area contributed by atoms with E-state index in [-0.39, 0.29) is 11.5 Å². The van der Waals surface area contributed by atoms with Crippen LogP contribution in [0, 0.1) is 0 Å². The van der Waals surface area contributed by atoms with Crippen molar-refractivity contribution in [2.24, 2.45) is 7.05 Å². The van der Waals surface area contributed by atoms with Gasteiger partial charge in [-0.3, -0.25) is 9.59 Å². The van der Waals surface area contributed by atoms with Crippen LogP contribution in [0.3, 0.4) is 0 Å². The molecule has 0 fully saturated rings. The van der Waals surface area contributed by atoms with E-state index >= 15 is 0 Å². The molecule has 5 nitrogen and oxygen atoms in total. The van der Waals surface area contributed by atoms with E-state index in [9.17, 15) is 9.59 Å².